The molecule has 3 rings (SSSR count). The van der Waals surface area contributed by atoms with E-state index >= 15 is 0 Å². The molecule has 7 nitrogen and oxygen atoms in total. The molecular weight excluding hydrogens is 379 g/mol. The number of aliphatic carboxylic acids is 2. The Bertz CT molecular complexity index is 810. The molecule has 0 saturated carbocycles. The second-order valence-electron chi connectivity index (χ2n) is 6.64. The zero-order chi connectivity index (χ0) is 21.2. The van der Waals surface area contributed by atoms with Gasteiger partial charge in [0.2, 0.25) is 0 Å². The van der Waals surface area contributed by atoms with Crippen LogP contribution in [-0.2, 0) is 22.7 Å². The van der Waals surface area contributed by atoms with Crippen molar-refractivity contribution in [2.75, 3.05) is 33.3 Å². The van der Waals surface area contributed by atoms with E-state index in [9.17, 15) is 4.39 Å². The molecule has 0 amide bonds. The Labute approximate surface area is 168 Å². The fourth-order valence-corrected chi connectivity index (χ4v) is 3.03. The minimum atomic E-state index is -1.82. The molecule has 2 N–H and O–H groups in total. The first kappa shape index (κ1) is 22.3. The van der Waals surface area contributed by atoms with Crippen LogP contribution in [0.1, 0.15) is 11.1 Å². The van der Waals surface area contributed by atoms with Gasteiger partial charge in [0.25, 0.3) is 0 Å². The number of hydrogen-bond donors (Lipinski definition) is 2. The Kier molecular flexibility index (Phi) is 8.57. The Hall–Kier alpha value is -2.97. The lowest BCUT2D eigenvalue weighted by Gasteiger charge is -2.34. The molecule has 0 atom stereocenters. The number of carboxylic acids is 2. The number of hydrogen-bond acceptors (Lipinski definition) is 5. The summed E-state index contributed by atoms with van der Waals surface area (Å²) in [4.78, 5) is 23.0. The number of rotatable bonds is 5. The predicted octanol–water partition coefficient (Wildman–Crippen LogP) is 2.31. The maximum Gasteiger partial charge on any atom is 0.414 e. The van der Waals surface area contributed by atoms with E-state index in [1.54, 1.807) is 19.2 Å². The first-order chi connectivity index (χ1) is 13.9. The van der Waals surface area contributed by atoms with Crippen LogP contribution in [0, 0.1) is 5.82 Å². The molecule has 1 saturated heterocycles. The smallest absolute Gasteiger partial charge is 0.414 e. The number of carboxylic acid groups (broad SMARTS) is 2. The van der Waals surface area contributed by atoms with Crippen LogP contribution < -0.4 is 4.74 Å². The van der Waals surface area contributed by atoms with Gasteiger partial charge in [-0.25, -0.2) is 14.0 Å². The van der Waals surface area contributed by atoms with E-state index in [2.05, 4.69) is 21.9 Å². The van der Waals surface area contributed by atoms with Crippen LogP contribution >= 0.6 is 0 Å². The highest BCUT2D eigenvalue weighted by molar-refractivity contribution is 6.27. The van der Waals surface area contributed by atoms with Crippen molar-refractivity contribution in [3.05, 3.63) is 65.5 Å². The highest BCUT2D eigenvalue weighted by Gasteiger charge is 2.17. The largest absolute Gasteiger partial charge is 0.497 e. The lowest BCUT2D eigenvalue weighted by atomic mass is 10.1. The summed E-state index contributed by atoms with van der Waals surface area (Å²) in [5.41, 5.74) is 2.33. The van der Waals surface area contributed by atoms with Crippen LogP contribution in [0.15, 0.2) is 48.5 Å². The quantitative estimate of drug-likeness (QED) is 0.739. The van der Waals surface area contributed by atoms with Gasteiger partial charge in [-0.15, -0.1) is 0 Å². The van der Waals surface area contributed by atoms with Gasteiger partial charge in [-0.05, 0) is 35.4 Å². The third kappa shape index (κ3) is 7.89. The molecule has 156 valence electrons. The van der Waals surface area contributed by atoms with Crippen molar-refractivity contribution >= 4 is 11.9 Å². The van der Waals surface area contributed by atoms with Gasteiger partial charge < -0.3 is 14.9 Å². The highest BCUT2D eigenvalue weighted by Crippen LogP contribution is 2.16. The molecule has 0 spiro atoms. The lowest BCUT2D eigenvalue weighted by molar-refractivity contribution is -0.159. The van der Waals surface area contributed by atoms with Crippen molar-refractivity contribution in [1.82, 2.24) is 9.80 Å². The van der Waals surface area contributed by atoms with Gasteiger partial charge in [0, 0.05) is 39.3 Å². The van der Waals surface area contributed by atoms with E-state index in [1.807, 2.05) is 18.2 Å². The SMILES string of the molecule is COc1cccc(CN2CCN(Cc3cccc(F)c3)CC2)c1.O=C(O)C(=O)O. The Balaban J connectivity index is 0.000000438. The van der Waals surface area contributed by atoms with Gasteiger partial charge in [-0.2, -0.15) is 0 Å². The van der Waals surface area contributed by atoms with E-state index in [0.29, 0.717) is 0 Å². The summed E-state index contributed by atoms with van der Waals surface area (Å²) in [6, 6.07) is 15.1. The van der Waals surface area contributed by atoms with Gasteiger partial charge >= 0.3 is 11.9 Å². The molecule has 0 bridgehead atoms. The number of methoxy groups -OCH3 is 1. The fourth-order valence-electron chi connectivity index (χ4n) is 3.03. The van der Waals surface area contributed by atoms with Crippen molar-refractivity contribution in [1.29, 1.82) is 0 Å². The minimum Gasteiger partial charge on any atom is -0.497 e. The number of piperazine rings is 1. The van der Waals surface area contributed by atoms with Crippen molar-refractivity contribution in [2.45, 2.75) is 13.1 Å². The molecule has 0 aliphatic carbocycles. The van der Waals surface area contributed by atoms with Crippen LogP contribution in [-0.4, -0.2) is 65.2 Å². The van der Waals surface area contributed by atoms with Gasteiger partial charge in [0.15, 0.2) is 0 Å². The number of carbonyl (C=O) groups is 2. The first-order valence-electron chi connectivity index (χ1n) is 9.15. The third-order valence-electron chi connectivity index (χ3n) is 4.48. The second kappa shape index (κ2) is 11.1. The summed E-state index contributed by atoms with van der Waals surface area (Å²) in [5.74, 6) is -2.89. The third-order valence-corrected chi connectivity index (χ3v) is 4.48. The molecule has 0 radical (unpaired) electrons. The second-order valence-corrected chi connectivity index (χ2v) is 6.64. The zero-order valence-corrected chi connectivity index (χ0v) is 16.3. The lowest BCUT2D eigenvalue weighted by Crippen LogP contribution is -2.45. The molecule has 0 unspecified atom stereocenters. The monoisotopic (exact) mass is 404 g/mol. The average molecular weight is 404 g/mol. The van der Waals surface area contributed by atoms with Gasteiger partial charge in [0.05, 0.1) is 7.11 Å². The molecule has 1 aliphatic rings. The molecule has 0 aromatic heterocycles. The topological polar surface area (TPSA) is 90.3 Å². The zero-order valence-electron chi connectivity index (χ0n) is 16.3. The Morgan fingerprint density at radius 1 is 0.897 bits per heavy atom. The van der Waals surface area contributed by atoms with E-state index in [1.165, 1.54) is 11.6 Å². The van der Waals surface area contributed by atoms with E-state index < -0.39 is 11.9 Å². The van der Waals surface area contributed by atoms with Gasteiger partial charge in [0.1, 0.15) is 11.6 Å². The molecule has 29 heavy (non-hydrogen) atoms. The summed E-state index contributed by atoms with van der Waals surface area (Å²) in [6.07, 6.45) is 0. The Morgan fingerprint density at radius 3 is 1.83 bits per heavy atom. The van der Waals surface area contributed by atoms with Crippen molar-refractivity contribution in [3.63, 3.8) is 0 Å². The van der Waals surface area contributed by atoms with Crippen molar-refractivity contribution in [3.8, 4) is 5.75 Å². The Morgan fingerprint density at radius 2 is 1.38 bits per heavy atom. The van der Waals surface area contributed by atoms with Crippen LogP contribution in [0.3, 0.4) is 0 Å². The summed E-state index contributed by atoms with van der Waals surface area (Å²) in [6.45, 7) is 5.87. The van der Waals surface area contributed by atoms with Crippen molar-refractivity contribution in [2.24, 2.45) is 0 Å². The summed E-state index contributed by atoms with van der Waals surface area (Å²) in [7, 11) is 1.70. The molecule has 2 aromatic carbocycles. The number of ether oxygens (including phenoxy) is 1. The van der Waals surface area contributed by atoms with Gasteiger partial charge in [-0.3, -0.25) is 9.80 Å². The minimum absolute atomic E-state index is 0.154. The van der Waals surface area contributed by atoms with Crippen LogP contribution in [0.2, 0.25) is 0 Å². The number of benzene rings is 2. The molecule has 1 heterocycles. The summed E-state index contributed by atoms with van der Waals surface area (Å²) < 4.78 is 18.5. The maximum absolute atomic E-state index is 13.3. The van der Waals surface area contributed by atoms with Crippen LogP contribution in [0.25, 0.3) is 0 Å². The predicted molar refractivity (Wildman–Crippen MR) is 105 cm³/mol. The number of nitrogens with zero attached hydrogens (tertiary/aromatic N) is 2. The van der Waals surface area contributed by atoms with E-state index in [4.69, 9.17) is 24.5 Å². The summed E-state index contributed by atoms with van der Waals surface area (Å²) >= 11 is 0. The molecule has 1 fully saturated rings. The maximum atomic E-state index is 13.3. The van der Waals surface area contributed by atoms with Crippen LogP contribution in [0.4, 0.5) is 4.39 Å². The summed E-state index contributed by atoms with van der Waals surface area (Å²) in [5, 5.41) is 14.8. The molecule has 1 aliphatic heterocycles. The first-order valence-corrected chi connectivity index (χ1v) is 9.15. The standard InChI is InChI=1S/C19H23FN2O.C2H2O4/c1-23-19-7-3-5-17(13-19)15-22-10-8-21(9-11-22)14-16-4-2-6-18(20)12-16;3-1(4)2(5)6/h2-7,12-13H,8-11,14-15H2,1H3;(H,3,4)(H,5,6). The molecule has 8 heteroatoms. The highest BCUT2D eigenvalue weighted by atomic mass is 19.1. The van der Waals surface area contributed by atoms with Gasteiger partial charge in [-0.1, -0.05) is 24.3 Å². The number of halogens is 1. The fraction of sp³-hybridized carbons (Fsp3) is 0.333. The van der Waals surface area contributed by atoms with E-state index in [-0.39, 0.29) is 5.82 Å². The van der Waals surface area contributed by atoms with E-state index in [0.717, 1.165) is 50.6 Å². The van der Waals surface area contributed by atoms with Crippen LogP contribution in [0.5, 0.6) is 5.75 Å². The molecule has 2 aromatic rings. The normalized spacial score (nSPS) is 14.6. The average Bonchev–Trinajstić information content (AvgIpc) is 2.70. The van der Waals surface area contributed by atoms with Crippen molar-refractivity contribution < 1.29 is 28.9 Å². The molecular formula is C21H25FN2O5.